The number of nitrogens with two attached hydrogens (primary N) is 1. The predicted octanol–water partition coefficient (Wildman–Crippen LogP) is 2.77. The van der Waals surface area contributed by atoms with E-state index in [2.05, 4.69) is 0 Å². The van der Waals surface area contributed by atoms with Gasteiger partial charge in [0.2, 0.25) is 0 Å². The number of nitro benzene ring substituents is 2. The third-order valence-corrected chi connectivity index (χ3v) is 2.09. The lowest BCUT2D eigenvalue weighted by Crippen LogP contribution is -1.97. The van der Waals surface area contributed by atoms with Crippen molar-refractivity contribution in [3.05, 3.63) is 74.8 Å². The summed E-state index contributed by atoms with van der Waals surface area (Å²) >= 11 is 0. The minimum Gasteiger partial charge on any atom is -0.393 e. The molecule has 19 heavy (non-hydrogen) atoms. The Morgan fingerprint density at radius 1 is 0.842 bits per heavy atom. The highest BCUT2D eigenvalue weighted by Gasteiger charge is 2.16. The molecule has 0 radical (unpaired) electrons. The Balaban J connectivity index is 0.000000250. The summed E-state index contributed by atoms with van der Waals surface area (Å²) in [4.78, 5) is 19.1. The Labute approximate surface area is 108 Å². The molecule has 2 rings (SSSR count). The molecule has 0 atom stereocenters. The molecule has 0 saturated carbocycles. The SMILES string of the molecule is Nc1ccc([N+](=O)[O-])cc1[N+](=O)[O-].c1ccccc1. The first kappa shape index (κ1) is 14.1. The monoisotopic (exact) mass is 261 g/mol. The van der Waals surface area contributed by atoms with Gasteiger partial charge in [0.25, 0.3) is 11.4 Å². The van der Waals surface area contributed by atoms with Crippen molar-refractivity contribution >= 4 is 17.1 Å². The molecule has 0 saturated heterocycles. The number of benzene rings is 2. The van der Waals surface area contributed by atoms with E-state index in [1.807, 2.05) is 36.4 Å². The first-order valence-electron chi connectivity index (χ1n) is 5.20. The molecule has 2 aromatic rings. The van der Waals surface area contributed by atoms with Crippen LogP contribution in [0.1, 0.15) is 0 Å². The number of nitrogen functional groups attached to an aromatic ring is 1. The van der Waals surface area contributed by atoms with Crippen LogP contribution in [-0.2, 0) is 0 Å². The summed E-state index contributed by atoms with van der Waals surface area (Å²) in [6.45, 7) is 0. The Hall–Kier alpha value is -2.96. The normalized spacial score (nSPS) is 9.05. The topological polar surface area (TPSA) is 112 Å². The first-order valence-corrected chi connectivity index (χ1v) is 5.20. The maximum absolute atomic E-state index is 10.3. The Morgan fingerprint density at radius 2 is 1.32 bits per heavy atom. The largest absolute Gasteiger partial charge is 0.393 e. The van der Waals surface area contributed by atoms with Crippen LogP contribution in [0.5, 0.6) is 0 Å². The average Bonchev–Trinajstić information content (AvgIpc) is 2.41. The number of nitrogens with zero attached hydrogens (tertiary/aromatic N) is 2. The van der Waals surface area contributed by atoms with Crippen LogP contribution in [0, 0.1) is 20.2 Å². The van der Waals surface area contributed by atoms with Crippen LogP contribution >= 0.6 is 0 Å². The molecule has 2 aromatic carbocycles. The molecule has 98 valence electrons. The summed E-state index contributed by atoms with van der Waals surface area (Å²) in [5, 5.41) is 20.5. The zero-order chi connectivity index (χ0) is 14.3. The van der Waals surface area contributed by atoms with Gasteiger partial charge < -0.3 is 5.73 Å². The fourth-order valence-corrected chi connectivity index (χ4v) is 1.19. The summed E-state index contributed by atoms with van der Waals surface area (Å²) in [5.74, 6) is 0. The summed E-state index contributed by atoms with van der Waals surface area (Å²) in [6.07, 6.45) is 0. The van der Waals surface area contributed by atoms with Gasteiger partial charge >= 0.3 is 0 Å². The Bertz CT molecular complexity index is 546. The number of nitro groups is 2. The van der Waals surface area contributed by atoms with Crippen LogP contribution in [0.15, 0.2) is 54.6 Å². The molecule has 0 unspecified atom stereocenters. The molecule has 0 amide bonds. The lowest BCUT2D eigenvalue weighted by Gasteiger charge is -1.95. The van der Waals surface area contributed by atoms with Crippen LogP contribution in [-0.4, -0.2) is 9.85 Å². The molecule has 0 aromatic heterocycles. The maximum atomic E-state index is 10.3. The standard InChI is InChI=1S/C6H5N3O4.C6H6/c7-5-2-1-4(8(10)11)3-6(5)9(12)13;1-2-4-6-5-3-1/h1-3H,7H2;1-6H. The number of hydrogen-bond donors (Lipinski definition) is 1. The van der Waals surface area contributed by atoms with Gasteiger partial charge in [-0.1, -0.05) is 36.4 Å². The summed E-state index contributed by atoms with van der Waals surface area (Å²) in [6, 6.07) is 15.1. The molecule has 7 nitrogen and oxygen atoms in total. The van der Waals surface area contributed by atoms with Crippen LogP contribution in [0.2, 0.25) is 0 Å². The van der Waals surface area contributed by atoms with Gasteiger partial charge in [0.1, 0.15) is 5.69 Å². The van der Waals surface area contributed by atoms with E-state index in [-0.39, 0.29) is 11.4 Å². The van der Waals surface area contributed by atoms with Crippen LogP contribution in [0.4, 0.5) is 17.1 Å². The van der Waals surface area contributed by atoms with Gasteiger partial charge in [-0.15, -0.1) is 0 Å². The van der Waals surface area contributed by atoms with E-state index in [4.69, 9.17) is 5.73 Å². The number of rotatable bonds is 2. The molecule has 0 aliphatic carbocycles. The third kappa shape index (κ3) is 4.43. The number of non-ortho nitro benzene ring substituents is 1. The van der Waals surface area contributed by atoms with Crippen LogP contribution in [0.25, 0.3) is 0 Å². The van der Waals surface area contributed by atoms with Gasteiger partial charge in [0, 0.05) is 6.07 Å². The van der Waals surface area contributed by atoms with Gasteiger partial charge in [-0.2, -0.15) is 0 Å². The highest BCUT2D eigenvalue weighted by atomic mass is 16.6. The molecule has 0 fully saturated rings. The average molecular weight is 261 g/mol. The van der Waals surface area contributed by atoms with Gasteiger partial charge in [0.15, 0.2) is 0 Å². The second-order valence-corrected chi connectivity index (χ2v) is 3.41. The predicted molar refractivity (Wildman–Crippen MR) is 70.6 cm³/mol. The first-order chi connectivity index (χ1) is 9.02. The minimum absolute atomic E-state index is 0.0874. The van der Waals surface area contributed by atoms with E-state index in [1.165, 1.54) is 0 Å². The maximum Gasteiger partial charge on any atom is 0.298 e. The molecule has 0 heterocycles. The molecule has 0 aliphatic rings. The van der Waals surface area contributed by atoms with E-state index >= 15 is 0 Å². The van der Waals surface area contributed by atoms with Crippen molar-refractivity contribution < 1.29 is 9.85 Å². The quantitative estimate of drug-likeness (QED) is 0.507. The van der Waals surface area contributed by atoms with Crippen molar-refractivity contribution in [3.63, 3.8) is 0 Å². The van der Waals surface area contributed by atoms with Crippen LogP contribution in [0.3, 0.4) is 0 Å². The smallest absolute Gasteiger partial charge is 0.298 e. The van der Waals surface area contributed by atoms with E-state index < -0.39 is 15.5 Å². The molecule has 7 heteroatoms. The van der Waals surface area contributed by atoms with Crippen molar-refractivity contribution in [3.8, 4) is 0 Å². The van der Waals surface area contributed by atoms with E-state index in [0.717, 1.165) is 18.2 Å². The Kier molecular flexibility index (Phi) is 4.97. The number of hydrogen-bond acceptors (Lipinski definition) is 5. The number of anilines is 1. The highest BCUT2D eigenvalue weighted by Crippen LogP contribution is 2.25. The summed E-state index contributed by atoms with van der Waals surface area (Å²) in [7, 11) is 0. The van der Waals surface area contributed by atoms with Gasteiger partial charge in [-0.3, -0.25) is 20.2 Å². The molecular weight excluding hydrogens is 250 g/mol. The molecule has 2 N–H and O–H groups in total. The third-order valence-electron chi connectivity index (χ3n) is 2.09. The van der Waals surface area contributed by atoms with Gasteiger partial charge in [-0.05, 0) is 6.07 Å². The zero-order valence-electron chi connectivity index (χ0n) is 9.80. The van der Waals surface area contributed by atoms with Crippen molar-refractivity contribution in [2.45, 2.75) is 0 Å². The lowest BCUT2D eigenvalue weighted by molar-refractivity contribution is -0.393. The van der Waals surface area contributed by atoms with Crippen molar-refractivity contribution in [1.82, 2.24) is 0 Å². The van der Waals surface area contributed by atoms with Crippen molar-refractivity contribution in [2.75, 3.05) is 5.73 Å². The second-order valence-electron chi connectivity index (χ2n) is 3.41. The lowest BCUT2D eigenvalue weighted by atomic mass is 10.2. The Morgan fingerprint density at radius 3 is 1.68 bits per heavy atom. The van der Waals surface area contributed by atoms with Gasteiger partial charge in [0.05, 0.1) is 15.9 Å². The van der Waals surface area contributed by atoms with E-state index in [0.29, 0.717) is 0 Å². The van der Waals surface area contributed by atoms with Crippen LogP contribution < -0.4 is 5.73 Å². The van der Waals surface area contributed by atoms with E-state index in [1.54, 1.807) is 0 Å². The summed E-state index contributed by atoms with van der Waals surface area (Å²) < 4.78 is 0. The molecule has 0 bridgehead atoms. The zero-order valence-corrected chi connectivity index (χ0v) is 9.80. The van der Waals surface area contributed by atoms with Crippen molar-refractivity contribution in [1.29, 1.82) is 0 Å². The fraction of sp³-hybridized carbons (Fsp3) is 0. The van der Waals surface area contributed by atoms with Crippen molar-refractivity contribution in [2.24, 2.45) is 0 Å². The van der Waals surface area contributed by atoms with E-state index in [9.17, 15) is 20.2 Å². The fourth-order valence-electron chi connectivity index (χ4n) is 1.19. The second kappa shape index (κ2) is 6.70. The molecular formula is C12H11N3O4. The molecule has 0 aliphatic heterocycles. The minimum atomic E-state index is -0.762. The van der Waals surface area contributed by atoms with Gasteiger partial charge in [-0.25, -0.2) is 0 Å². The molecule has 0 spiro atoms. The summed E-state index contributed by atoms with van der Waals surface area (Å²) in [5.41, 5.74) is 4.34. The highest BCUT2D eigenvalue weighted by molar-refractivity contribution is 5.62.